The third-order valence-corrected chi connectivity index (χ3v) is 4.61. The van der Waals surface area contributed by atoms with Crippen LogP contribution in [0.25, 0.3) is 16.9 Å². The predicted molar refractivity (Wildman–Crippen MR) is 110 cm³/mol. The van der Waals surface area contributed by atoms with Gasteiger partial charge in [0, 0.05) is 31.7 Å². The van der Waals surface area contributed by atoms with Crippen LogP contribution in [0.1, 0.15) is 5.56 Å². The minimum atomic E-state index is -0.133. The van der Waals surface area contributed by atoms with Crippen molar-refractivity contribution < 1.29 is 0 Å². The molecule has 0 atom stereocenters. The van der Waals surface area contributed by atoms with E-state index in [2.05, 4.69) is 17.1 Å². The zero-order valence-corrected chi connectivity index (χ0v) is 15.3. The third-order valence-electron chi connectivity index (χ3n) is 4.61. The molecule has 4 aromatic rings. The van der Waals surface area contributed by atoms with Gasteiger partial charge in [-0.25, -0.2) is 14.3 Å². The van der Waals surface area contributed by atoms with Crippen LogP contribution in [0, 0.1) is 0 Å². The average Bonchev–Trinajstić information content (AvgIpc) is 2.94. The van der Waals surface area contributed by atoms with E-state index in [4.69, 9.17) is 5.73 Å². The van der Waals surface area contributed by atoms with Gasteiger partial charge in [-0.05, 0) is 48.0 Å². The minimum Gasteiger partial charge on any atom is -0.399 e. The van der Waals surface area contributed by atoms with E-state index in [1.165, 1.54) is 0 Å². The quantitative estimate of drug-likeness (QED) is 0.569. The standard InChI is InChI=1S/C21H21N5O/c1-24(2)17-10-8-15(9-11-17)14-25-19-7-4-12-23-20(19)26(21(25)27)18-6-3-5-16(22)13-18/h3-13H,14,22H2,1-2H3. The van der Waals surface area contributed by atoms with Gasteiger partial charge in [-0.2, -0.15) is 0 Å². The molecule has 0 aliphatic carbocycles. The number of nitrogen functional groups attached to an aromatic ring is 1. The summed E-state index contributed by atoms with van der Waals surface area (Å²) in [5.41, 5.74) is 10.7. The number of rotatable bonds is 4. The van der Waals surface area contributed by atoms with Crippen LogP contribution in [0.5, 0.6) is 0 Å². The molecule has 6 heteroatoms. The first-order valence-electron chi connectivity index (χ1n) is 8.73. The summed E-state index contributed by atoms with van der Waals surface area (Å²) < 4.78 is 3.36. The average molecular weight is 359 g/mol. The predicted octanol–water partition coefficient (Wildman–Crippen LogP) is 2.88. The molecule has 0 aliphatic rings. The Morgan fingerprint density at radius 1 is 1.04 bits per heavy atom. The summed E-state index contributed by atoms with van der Waals surface area (Å²) in [5.74, 6) is 0. The Hall–Kier alpha value is -3.54. The first kappa shape index (κ1) is 16.9. The molecule has 0 radical (unpaired) electrons. The molecule has 4 rings (SSSR count). The van der Waals surface area contributed by atoms with E-state index in [-0.39, 0.29) is 5.69 Å². The monoisotopic (exact) mass is 359 g/mol. The number of anilines is 2. The molecule has 2 heterocycles. The van der Waals surface area contributed by atoms with Gasteiger partial charge in [-0.15, -0.1) is 0 Å². The van der Waals surface area contributed by atoms with Gasteiger partial charge in [0.2, 0.25) is 0 Å². The topological polar surface area (TPSA) is 69.1 Å². The van der Waals surface area contributed by atoms with Crippen LogP contribution in [-0.4, -0.2) is 28.2 Å². The summed E-state index contributed by atoms with van der Waals surface area (Å²) in [6.07, 6.45) is 1.70. The normalized spacial score (nSPS) is 11.0. The summed E-state index contributed by atoms with van der Waals surface area (Å²) >= 11 is 0. The smallest absolute Gasteiger partial charge is 0.335 e. The fourth-order valence-electron chi connectivity index (χ4n) is 3.22. The molecule has 0 aliphatic heterocycles. The second-order valence-corrected chi connectivity index (χ2v) is 6.71. The van der Waals surface area contributed by atoms with Crippen molar-refractivity contribution in [3.63, 3.8) is 0 Å². The second kappa shape index (κ2) is 6.64. The molecule has 0 amide bonds. The van der Waals surface area contributed by atoms with Gasteiger partial charge in [0.15, 0.2) is 5.65 Å². The Morgan fingerprint density at radius 2 is 1.81 bits per heavy atom. The highest BCUT2D eigenvalue weighted by Crippen LogP contribution is 2.19. The van der Waals surface area contributed by atoms with E-state index in [0.29, 0.717) is 23.6 Å². The van der Waals surface area contributed by atoms with E-state index in [9.17, 15) is 4.79 Å². The molecule has 0 fully saturated rings. The number of benzene rings is 2. The lowest BCUT2D eigenvalue weighted by Crippen LogP contribution is -2.24. The number of imidazole rings is 1. The SMILES string of the molecule is CN(C)c1ccc(Cn2c(=O)n(-c3cccc(N)c3)c3ncccc32)cc1. The van der Waals surface area contributed by atoms with Crippen molar-refractivity contribution in [2.45, 2.75) is 6.54 Å². The zero-order valence-electron chi connectivity index (χ0n) is 15.3. The minimum absolute atomic E-state index is 0.133. The third kappa shape index (κ3) is 3.06. The molecule has 0 unspecified atom stereocenters. The maximum absolute atomic E-state index is 13.2. The zero-order chi connectivity index (χ0) is 19.0. The Kier molecular flexibility index (Phi) is 4.16. The van der Waals surface area contributed by atoms with Gasteiger partial charge < -0.3 is 10.6 Å². The van der Waals surface area contributed by atoms with Crippen molar-refractivity contribution in [2.24, 2.45) is 0 Å². The molecule has 0 saturated heterocycles. The van der Waals surface area contributed by atoms with Gasteiger partial charge in [-0.3, -0.25) is 4.57 Å². The van der Waals surface area contributed by atoms with E-state index in [0.717, 1.165) is 16.8 Å². The second-order valence-electron chi connectivity index (χ2n) is 6.71. The maximum atomic E-state index is 13.2. The summed E-state index contributed by atoms with van der Waals surface area (Å²) in [7, 11) is 4.01. The van der Waals surface area contributed by atoms with Crippen LogP contribution >= 0.6 is 0 Å². The van der Waals surface area contributed by atoms with Crippen LogP contribution in [0.4, 0.5) is 11.4 Å². The Balaban J connectivity index is 1.84. The highest BCUT2D eigenvalue weighted by atomic mass is 16.1. The van der Waals surface area contributed by atoms with Crippen molar-refractivity contribution >= 4 is 22.5 Å². The lowest BCUT2D eigenvalue weighted by atomic mass is 10.2. The number of fused-ring (bicyclic) bond motifs is 1. The van der Waals surface area contributed by atoms with Gasteiger partial charge in [0.25, 0.3) is 0 Å². The van der Waals surface area contributed by atoms with E-state index < -0.39 is 0 Å². The highest BCUT2D eigenvalue weighted by Gasteiger charge is 2.16. The van der Waals surface area contributed by atoms with Crippen LogP contribution in [0.2, 0.25) is 0 Å². The van der Waals surface area contributed by atoms with E-state index in [1.54, 1.807) is 27.5 Å². The first-order valence-corrected chi connectivity index (χ1v) is 8.73. The van der Waals surface area contributed by atoms with Crippen molar-refractivity contribution in [1.29, 1.82) is 0 Å². The molecule has 2 aromatic heterocycles. The molecule has 0 bridgehead atoms. The Morgan fingerprint density at radius 3 is 2.52 bits per heavy atom. The summed E-state index contributed by atoms with van der Waals surface area (Å²) in [6.45, 7) is 0.476. The van der Waals surface area contributed by atoms with Crippen molar-refractivity contribution in [3.8, 4) is 5.69 Å². The van der Waals surface area contributed by atoms with Crippen LogP contribution in [-0.2, 0) is 6.54 Å². The van der Waals surface area contributed by atoms with E-state index >= 15 is 0 Å². The number of hydrogen-bond donors (Lipinski definition) is 1. The molecular formula is C21H21N5O. The first-order chi connectivity index (χ1) is 13.0. The molecule has 6 nitrogen and oxygen atoms in total. The molecule has 2 aromatic carbocycles. The van der Waals surface area contributed by atoms with E-state index in [1.807, 2.05) is 55.4 Å². The van der Waals surface area contributed by atoms with Crippen molar-refractivity contribution in [2.75, 3.05) is 24.7 Å². The van der Waals surface area contributed by atoms with Crippen LogP contribution in [0.3, 0.4) is 0 Å². The molecular weight excluding hydrogens is 338 g/mol. The highest BCUT2D eigenvalue weighted by molar-refractivity contribution is 5.74. The van der Waals surface area contributed by atoms with Crippen LogP contribution < -0.4 is 16.3 Å². The fourth-order valence-corrected chi connectivity index (χ4v) is 3.22. The number of nitrogens with two attached hydrogens (primary N) is 1. The molecule has 27 heavy (non-hydrogen) atoms. The lowest BCUT2D eigenvalue weighted by Gasteiger charge is -2.12. The molecule has 0 spiro atoms. The van der Waals surface area contributed by atoms with Crippen molar-refractivity contribution in [3.05, 3.63) is 82.9 Å². The molecule has 2 N–H and O–H groups in total. The van der Waals surface area contributed by atoms with Gasteiger partial charge in [0.05, 0.1) is 17.7 Å². The lowest BCUT2D eigenvalue weighted by molar-refractivity contribution is 0.763. The molecule has 0 saturated carbocycles. The Labute approximate surface area is 157 Å². The van der Waals surface area contributed by atoms with Crippen LogP contribution in [0.15, 0.2) is 71.7 Å². The van der Waals surface area contributed by atoms with Gasteiger partial charge in [0.1, 0.15) is 0 Å². The summed E-state index contributed by atoms with van der Waals surface area (Å²) in [5, 5.41) is 0. The van der Waals surface area contributed by atoms with Gasteiger partial charge in [-0.1, -0.05) is 18.2 Å². The largest absolute Gasteiger partial charge is 0.399 e. The summed E-state index contributed by atoms with van der Waals surface area (Å²) in [6, 6.07) is 19.2. The van der Waals surface area contributed by atoms with Crippen molar-refractivity contribution in [1.82, 2.24) is 14.1 Å². The molecule has 136 valence electrons. The number of nitrogens with zero attached hydrogens (tertiary/aromatic N) is 4. The summed E-state index contributed by atoms with van der Waals surface area (Å²) in [4.78, 5) is 19.7. The van der Waals surface area contributed by atoms with Gasteiger partial charge >= 0.3 is 5.69 Å². The maximum Gasteiger partial charge on any atom is 0.335 e. The number of pyridine rings is 1. The number of hydrogen-bond acceptors (Lipinski definition) is 4. The number of aromatic nitrogens is 3. The fraction of sp³-hybridized carbons (Fsp3) is 0.143. The Bertz CT molecular complexity index is 1160.